The van der Waals surface area contributed by atoms with Gasteiger partial charge in [-0.1, -0.05) is 29.8 Å². The summed E-state index contributed by atoms with van der Waals surface area (Å²) in [5.41, 5.74) is 6.09. The Bertz CT molecular complexity index is 1000. The normalized spacial score (nSPS) is 10.8. The lowest BCUT2D eigenvalue weighted by Crippen LogP contribution is -2.18. The molecule has 8 heteroatoms. The summed E-state index contributed by atoms with van der Waals surface area (Å²) in [7, 11) is 4.61. The molecular weight excluding hydrogens is 372 g/mol. The van der Waals surface area contributed by atoms with Gasteiger partial charge in [0.05, 0.1) is 38.8 Å². The lowest BCUT2D eigenvalue weighted by atomic mass is 10.1. The topological polar surface area (TPSA) is 97.8 Å². The fourth-order valence-corrected chi connectivity index (χ4v) is 2.69. The third-order valence-corrected chi connectivity index (χ3v) is 4.28. The molecule has 1 aromatic heterocycles. The van der Waals surface area contributed by atoms with E-state index >= 15 is 0 Å². The summed E-state index contributed by atoms with van der Waals surface area (Å²) in [5, 5.41) is 10.9. The molecule has 29 heavy (non-hydrogen) atoms. The minimum absolute atomic E-state index is 0.298. The zero-order valence-electron chi connectivity index (χ0n) is 16.6. The highest BCUT2D eigenvalue weighted by Gasteiger charge is 2.13. The average molecular weight is 394 g/mol. The number of aromatic nitrogens is 2. The van der Waals surface area contributed by atoms with Crippen molar-refractivity contribution in [3.05, 3.63) is 59.3 Å². The van der Waals surface area contributed by atoms with Crippen LogP contribution in [-0.4, -0.2) is 43.6 Å². The number of aromatic amines is 1. The minimum Gasteiger partial charge on any atom is -0.496 e. The first-order valence-electron chi connectivity index (χ1n) is 8.81. The van der Waals surface area contributed by atoms with E-state index in [1.54, 1.807) is 25.3 Å². The van der Waals surface area contributed by atoms with E-state index in [0.717, 1.165) is 11.1 Å². The Morgan fingerprint density at radius 2 is 1.69 bits per heavy atom. The molecule has 3 rings (SSSR count). The fraction of sp³-hybridized carbons (Fsp3) is 0.190. The van der Waals surface area contributed by atoms with Gasteiger partial charge >= 0.3 is 0 Å². The zero-order chi connectivity index (χ0) is 20.8. The Morgan fingerprint density at radius 3 is 2.28 bits per heavy atom. The van der Waals surface area contributed by atoms with E-state index in [2.05, 4.69) is 20.7 Å². The largest absolute Gasteiger partial charge is 0.496 e. The average Bonchev–Trinajstić information content (AvgIpc) is 3.24. The lowest BCUT2D eigenvalue weighted by molar-refractivity contribution is 0.0950. The third-order valence-electron chi connectivity index (χ3n) is 4.28. The molecular formula is C21H22N4O4. The zero-order valence-corrected chi connectivity index (χ0v) is 16.6. The molecule has 0 saturated heterocycles. The number of carbonyl (C=O) groups is 1. The highest BCUT2D eigenvalue weighted by Crippen LogP contribution is 2.32. The van der Waals surface area contributed by atoms with Crippen LogP contribution in [0.25, 0.3) is 11.3 Å². The van der Waals surface area contributed by atoms with Crippen LogP contribution in [0.3, 0.4) is 0 Å². The fourth-order valence-electron chi connectivity index (χ4n) is 2.69. The van der Waals surface area contributed by atoms with E-state index < -0.39 is 5.91 Å². The van der Waals surface area contributed by atoms with E-state index in [1.165, 1.54) is 20.4 Å². The number of hydrogen-bond donors (Lipinski definition) is 2. The maximum absolute atomic E-state index is 12.4. The standard InChI is InChI=1S/C21H22N4O4/c1-13-5-7-14(8-6-13)17-11-18(24-23-17)21(26)25-22-12-16-19(28-3)9-15(27-2)10-20(16)29-4/h5-12H,1-4H3,(H,23,24)(H,25,26)/b22-12+. The lowest BCUT2D eigenvalue weighted by Gasteiger charge is -2.12. The quantitative estimate of drug-likeness (QED) is 0.474. The summed E-state index contributed by atoms with van der Waals surface area (Å²) in [6.45, 7) is 2.01. The number of nitrogens with zero attached hydrogens (tertiary/aromatic N) is 2. The second kappa shape index (κ2) is 8.92. The van der Waals surface area contributed by atoms with Crippen LogP contribution in [0.4, 0.5) is 0 Å². The van der Waals surface area contributed by atoms with E-state index in [-0.39, 0.29) is 0 Å². The van der Waals surface area contributed by atoms with Crippen molar-refractivity contribution in [2.24, 2.45) is 5.10 Å². The molecule has 8 nitrogen and oxygen atoms in total. The number of H-pyrrole nitrogens is 1. The first-order valence-corrected chi connectivity index (χ1v) is 8.81. The molecule has 3 aromatic rings. The van der Waals surface area contributed by atoms with E-state index in [1.807, 2.05) is 31.2 Å². The molecule has 0 radical (unpaired) electrons. The van der Waals surface area contributed by atoms with Crippen LogP contribution >= 0.6 is 0 Å². The van der Waals surface area contributed by atoms with Gasteiger partial charge in [0.15, 0.2) is 0 Å². The van der Waals surface area contributed by atoms with Gasteiger partial charge in [0, 0.05) is 17.7 Å². The molecule has 0 unspecified atom stereocenters. The van der Waals surface area contributed by atoms with Crippen LogP contribution in [0, 0.1) is 6.92 Å². The number of hydrogen-bond acceptors (Lipinski definition) is 6. The summed E-state index contributed by atoms with van der Waals surface area (Å²) in [6.07, 6.45) is 1.45. The third kappa shape index (κ3) is 4.55. The molecule has 0 aliphatic carbocycles. The van der Waals surface area contributed by atoms with Crippen molar-refractivity contribution in [3.8, 4) is 28.5 Å². The van der Waals surface area contributed by atoms with Gasteiger partial charge in [-0.15, -0.1) is 0 Å². The molecule has 0 spiro atoms. The van der Waals surface area contributed by atoms with Crippen molar-refractivity contribution in [1.29, 1.82) is 0 Å². The van der Waals surface area contributed by atoms with Gasteiger partial charge in [-0.3, -0.25) is 9.89 Å². The summed E-state index contributed by atoms with van der Waals surface area (Å²) >= 11 is 0. The molecule has 150 valence electrons. The van der Waals surface area contributed by atoms with Gasteiger partial charge in [0.1, 0.15) is 22.9 Å². The van der Waals surface area contributed by atoms with Crippen LogP contribution in [0.1, 0.15) is 21.6 Å². The summed E-state index contributed by atoms with van der Waals surface area (Å²) in [6, 6.07) is 13.0. The highest BCUT2D eigenvalue weighted by molar-refractivity contribution is 5.95. The van der Waals surface area contributed by atoms with Crippen molar-refractivity contribution in [3.63, 3.8) is 0 Å². The van der Waals surface area contributed by atoms with Gasteiger partial charge in [0.25, 0.3) is 5.91 Å². The van der Waals surface area contributed by atoms with Crippen LogP contribution < -0.4 is 19.6 Å². The Hall–Kier alpha value is -3.81. The van der Waals surface area contributed by atoms with Crippen molar-refractivity contribution < 1.29 is 19.0 Å². The molecule has 2 N–H and O–H groups in total. The number of aryl methyl sites for hydroxylation is 1. The molecule has 0 aliphatic rings. The predicted octanol–water partition coefficient (Wildman–Crippen LogP) is 3.17. The number of benzene rings is 2. The molecule has 0 atom stereocenters. The summed E-state index contributed by atoms with van der Waals surface area (Å²) in [4.78, 5) is 12.4. The second-order valence-electron chi connectivity index (χ2n) is 6.18. The van der Waals surface area contributed by atoms with Gasteiger partial charge in [-0.2, -0.15) is 10.2 Å². The number of ether oxygens (including phenoxy) is 3. The summed E-state index contributed by atoms with van der Waals surface area (Å²) in [5.74, 6) is 1.17. The number of nitrogens with one attached hydrogen (secondary N) is 2. The SMILES string of the molecule is COc1cc(OC)c(/C=N/NC(=O)c2cc(-c3ccc(C)cc3)n[nH]2)c(OC)c1. The Morgan fingerprint density at radius 1 is 1.03 bits per heavy atom. The monoisotopic (exact) mass is 394 g/mol. The van der Waals surface area contributed by atoms with Gasteiger partial charge < -0.3 is 14.2 Å². The Labute approximate surface area is 168 Å². The predicted molar refractivity (Wildman–Crippen MR) is 110 cm³/mol. The molecule has 0 saturated carbocycles. The molecule has 1 amide bonds. The van der Waals surface area contributed by atoms with E-state index in [9.17, 15) is 4.79 Å². The van der Waals surface area contributed by atoms with Gasteiger partial charge in [-0.25, -0.2) is 5.43 Å². The van der Waals surface area contributed by atoms with Gasteiger partial charge in [0.2, 0.25) is 0 Å². The van der Waals surface area contributed by atoms with Crippen LogP contribution in [0.5, 0.6) is 17.2 Å². The number of amides is 1. The smallest absolute Gasteiger partial charge is 0.289 e. The maximum Gasteiger partial charge on any atom is 0.289 e. The minimum atomic E-state index is -0.418. The van der Waals surface area contributed by atoms with E-state index in [4.69, 9.17) is 14.2 Å². The van der Waals surface area contributed by atoms with Gasteiger partial charge in [-0.05, 0) is 13.0 Å². The first kappa shape index (κ1) is 19.9. The van der Waals surface area contributed by atoms with Crippen molar-refractivity contribution in [1.82, 2.24) is 15.6 Å². The number of carbonyl (C=O) groups excluding carboxylic acids is 1. The Kier molecular flexibility index (Phi) is 6.13. The second-order valence-corrected chi connectivity index (χ2v) is 6.18. The van der Waals surface area contributed by atoms with Crippen LogP contribution in [0.2, 0.25) is 0 Å². The van der Waals surface area contributed by atoms with Crippen molar-refractivity contribution in [2.75, 3.05) is 21.3 Å². The van der Waals surface area contributed by atoms with Crippen LogP contribution in [-0.2, 0) is 0 Å². The highest BCUT2D eigenvalue weighted by atomic mass is 16.5. The Balaban J connectivity index is 1.74. The molecule has 0 fully saturated rings. The molecule has 0 bridgehead atoms. The van der Waals surface area contributed by atoms with E-state index in [0.29, 0.717) is 34.2 Å². The summed E-state index contributed by atoms with van der Waals surface area (Å²) < 4.78 is 15.9. The number of methoxy groups -OCH3 is 3. The number of rotatable bonds is 7. The van der Waals surface area contributed by atoms with Crippen molar-refractivity contribution in [2.45, 2.75) is 6.92 Å². The maximum atomic E-state index is 12.4. The molecule has 2 aromatic carbocycles. The van der Waals surface area contributed by atoms with Crippen molar-refractivity contribution >= 4 is 12.1 Å². The first-order chi connectivity index (χ1) is 14.0. The van der Waals surface area contributed by atoms with Crippen LogP contribution in [0.15, 0.2) is 47.6 Å². The number of hydrazone groups is 1. The molecule has 1 heterocycles. The molecule has 0 aliphatic heterocycles.